The quantitative estimate of drug-likeness (QED) is 0.365. The van der Waals surface area contributed by atoms with Crippen molar-refractivity contribution in [3.05, 3.63) is 66.8 Å². The molecule has 0 aliphatic heterocycles. The molecular weight excluding hydrogens is 423 g/mol. The summed E-state index contributed by atoms with van der Waals surface area (Å²) < 4.78 is 20.1. The lowest BCUT2D eigenvalue weighted by Gasteiger charge is -2.10. The van der Waals surface area contributed by atoms with Crippen molar-refractivity contribution in [3.8, 4) is 22.5 Å². The van der Waals surface area contributed by atoms with E-state index in [1.807, 2.05) is 4.57 Å². The van der Waals surface area contributed by atoms with Crippen LogP contribution < -0.4 is 5.32 Å². The highest BCUT2D eigenvalue weighted by molar-refractivity contribution is 5.78. The summed E-state index contributed by atoms with van der Waals surface area (Å²) in [5.41, 5.74) is 3.43. The number of carboxylic acids is 1. The summed E-state index contributed by atoms with van der Waals surface area (Å²) in [5.74, 6) is -1.15. The molecule has 1 aromatic carbocycles. The second kappa shape index (κ2) is 10.4. The zero-order chi connectivity index (χ0) is 22.9. The molecule has 0 bridgehead atoms. The molecule has 11 nitrogen and oxygen atoms in total. The summed E-state index contributed by atoms with van der Waals surface area (Å²) in [7, 11) is 0. The van der Waals surface area contributed by atoms with Gasteiger partial charge in [0.15, 0.2) is 0 Å². The minimum Gasteiger partial charge on any atom is -0.483 e. The fourth-order valence-corrected chi connectivity index (χ4v) is 2.81. The Kier molecular flexibility index (Phi) is 7.20. The Balaban J connectivity index is 0.000000913. The zero-order valence-electron chi connectivity index (χ0n) is 16.4. The number of anilines is 1. The Morgan fingerprint density at radius 2 is 1.81 bits per heavy atom. The van der Waals surface area contributed by atoms with Crippen LogP contribution in [0.1, 0.15) is 5.69 Å². The lowest BCUT2D eigenvalue weighted by Crippen LogP contribution is -2.14. The summed E-state index contributed by atoms with van der Waals surface area (Å²) in [6.45, 7) is -0.136. The van der Waals surface area contributed by atoms with Gasteiger partial charge in [-0.25, -0.2) is 19.3 Å². The van der Waals surface area contributed by atoms with Gasteiger partial charge in [-0.05, 0) is 24.3 Å². The van der Waals surface area contributed by atoms with E-state index in [1.54, 1.807) is 36.9 Å². The maximum absolute atomic E-state index is 13.3. The normalized spacial score (nSPS) is 10.2. The Morgan fingerprint density at radius 3 is 2.41 bits per heavy atom. The van der Waals surface area contributed by atoms with E-state index in [0.717, 1.165) is 5.56 Å². The summed E-state index contributed by atoms with van der Waals surface area (Å²) in [6.07, 6.45) is 6.28. The van der Waals surface area contributed by atoms with E-state index in [9.17, 15) is 9.18 Å². The number of rotatable bonds is 7. The van der Waals surface area contributed by atoms with Gasteiger partial charge in [0.2, 0.25) is 5.95 Å². The summed E-state index contributed by atoms with van der Waals surface area (Å²) >= 11 is 0. The molecule has 4 rings (SSSR count). The molecule has 0 saturated carbocycles. The molecule has 164 valence electrons. The topological polar surface area (TPSA) is 156 Å². The molecule has 4 aromatic rings. The smallest absolute Gasteiger partial charge is 0.322 e. The van der Waals surface area contributed by atoms with Crippen molar-refractivity contribution < 1.29 is 28.7 Å². The SMILES string of the molecule is O=C(O)CNc1ncc(-c2c(-c3ccc(F)cc3)ncn2Cc2ccon2)cn1.O=CO. The number of halogens is 1. The Bertz CT molecular complexity index is 1160. The molecule has 0 unspecified atom stereocenters. The molecule has 3 aromatic heterocycles. The monoisotopic (exact) mass is 440 g/mol. The van der Waals surface area contributed by atoms with Crippen LogP contribution in [0.4, 0.5) is 10.3 Å². The molecule has 0 aliphatic carbocycles. The number of imidazole rings is 1. The summed E-state index contributed by atoms with van der Waals surface area (Å²) in [6, 6.07) is 7.77. The summed E-state index contributed by atoms with van der Waals surface area (Å²) in [4.78, 5) is 31.9. The van der Waals surface area contributed by atoms with Gasteiger partial charge < -0.3 is 24.6 Å². The third-order valence-electron chi connectivity index (χ3n) is 4.10. The average Bonchev–Trinajstić information content (AvgIpc) is 3.44. The maximum atomic E-state index is 13.3. The molecular formula is C20H17FN6O5. The van der Waals surface area contributed by atoms with Crippen molar-refractivity contribution in [2.24, 2.45) is 0 Å². The van der Waals surface area contributed by atoms with Crippen LogP contribution >= 0.6 is 0 Å². The molecule has 3 N–H and O–H groups in total. The number of aliphatic carboxylic acids is 1. The molecule has 0 saturated heterocycles. The van der Waals surface area contributed by atoms with Crippen molar-refractivity contribution in [2.45, 2.75) is 6.54 Å². The number of hydrogen-bond acceptors (Lipinski definition) is 8. The number of carbonyl (C=O) groups is 2. The third-order valence-corrected chi connectivity index (χ3v) is 4.10. The molecule has 0 spiro atoms. The molecule has 3 heterocycles. The van der Waals surface area contributed by atoms with Crippen LogP contribution in [0, 0.1) is 5.82 Å². The fourth-order valence-electron chi connectivity index (χ4n) is 2.81. The first-order valence-electron chi connectivity index (χ1n) is 9.08. The van der Waals surface area contributed by atoms with Crippen LogP contribution in [0.5, 0.6) is 0 Å². The van der Waals surface area contributed by atoms with E-state index >= 15 is 0 Å². The fraction of sp³-hybridized carbons (Fsp3) is 0.100. The van der Waals surface area contributed by atoms with Crippen LogP contribution in [0.15, 0.2) is 59.8 Å². The van der Waals surface area contributed by atoms with E-state index in [0.29, 0.717) is 29.2 Å². The van der Waals surface area contributed by atoms with Gasteiger partial charge in [0.05, 0.1) is 24.3 Å². The van der Waals surface area contributed by atoms with Gasteiger partial charge in [-0.15, -0.1) is 0 Å². The molecule has 12 heteroatoms. The second-order valence-corrected chi connectivity index (χ2v) is 6.22. The Hall–Kier alpha value is -4.61. The highest BCUT2D eigenvalue weighted by Crippen LogP contribution is 2.31. The van der Waals surface area contributed by atoms with Gasteiger partial charge in [0.1, 0.15) is 24.3 Å². The van der Waals surface area contributed by atoms with Gasteiger partial charge in [-0.2, -0.15) is 0 Å². The van der Waals surface area contributed by atoms with Gasteiger partial charge in [0, 0.05) is 29.6 Å². The van der Waals surface area contributed by atoms with E-state index in [-0.39, 0.29) is 24.8 Å². The van der Waals surface area contributed by atoms with Crippen LogP contribution in [-0.2, 0) is 16.1 Å². The first kappa shape index (κ1) is 22.1. The number of hydrogen-bond donors (Lipinski definition) is 3. The van der Waals surface area contributed by atoms with Crippen LogP contribution in [0.3, 0.4) is 0 Å². The lowest BCUT2D eigenvalue weighted by atomic mass is 10.1. The largest absolute Gasteiger partial charge is 0.483 e. The highest BCUT2D eigenvalue weighted by Gasteiger charge is 2.17. The maximum Gasteiger partial charge on any atom is 0.322 e. The summed E-state index contributed by atoms with van der Waals surface area (Å²) in [5, 5.41) is 22.2. The number of nitrogens with zero attached hydrogens (tertiary/aromatic N) is 5. The van der Waals surface area contributed by atoms with Crippen molar-refractivity contribution in [2.75, 3.05) is 11.9 Å². The standard InChI is InChI=1S/C19H15FN6O3.CH2O2/c20-14-3-1-12(2-4-14)17-18(26(11-24-17)10-15-5-6-29-25-15)13-7-21-19(22-8-13)23-9-16(27)28;2-1-3/h1-8,11H,9-10H2,(H,27,28)(H,21,22,23);1H,(H,2,3). The van der Waals surface area contributed by atoms with Crippen LogP contribution in [-0.4, -0.2) is 53.9 Å². The molecule has 0 amide bonds. The van der Waals surface area contributed by atoms with Crippen molar-refractivity contribution in [1.82, 2.24) is 24.7 Å². The first-order chi connectivity index (χ1) is 15.5. The molecule has 0 fully saturated rings. The van der Waals surface area contributed by atoms with Gasteiger partial charge in [-0.1, -0.05) is 5.16 Å². The molecule has 0 atom stereocenters. The van der Waals surface area contributed by atoms with Crippen molar-refractivity contribution in [3.63, 3.8) is 0 Å². The third kappa shape index (κ3) is 5.50. The van der Waals surface area contributed by atoms with Gasteiger partial charge >= 0.3 is 5.97 Å². The zero-order valence-corrected chi connectivity index (χ0v) is 16.4. The van der Waals surface area contributed by atoms with Crippen molar-refractivity contribution in [1.29, 1.82) is 0 Å². The van der Waals surface area contributed by atoms with Gasteiger partial charge in [-0.3, -0.25) is 9.59 Å². The van der Waals surface area contributed by atoms with Gasteiger partial charge in [0.25, 0.3) is 6.47 Å². The van der Waals surface area contributed by atoms with Crippen molar-refractivity contribution >= 4 is 18.4 Å². The van der Waals surface area contributed by atoms with E-state index in [1.165, 1.54) is 18.4 Å². The number of benzene rings is 1. The lowest BCUT2D eigenvalue weighted by molar-refractivity contribution is -0.135. The molecule has 0 radical (unpaired) electrons. The highest BCUT2D eigenvalue weighted by atomic mass is 19.1. The van der Waals surface area contributed by atoms with E-state index < -0.39 is 5.97 Å². The second-order valence-electron chi connectivity index (χ2n) is 6.22. The van der Waals surface area contributed by atoms with Crippen LogP contribution in [0.25, 0.3) is 22.5 Å². The Labute approximate surface area is 180 Å². The average molecular weight is 440 g/mol. The predicted octanol–water partition coefficient (Wildman–Crippen LogP) is 2.38. The number of nitrogens with one attached hydrogen (secondary N) is 1. The minimum absolute atomic E-state index is 0.196. The number of carboxylic acid groups (broad SMARTS) is 2. The molecule has 32 heavy (non-hydrogen) atoms. The van der Waals surface area contributed by atoms with E-state index in [4.69, 9.17) is 19.5 Å². The predicted molar refractivity (Wildman–Crippen MR) is 109 cm³/mol. The minimum atomic E-state index is -1.01. The Morgan fingerprint density at radius 1 is 1.12 bits per heavy atom. The number of aromatic nitrogens is 5. The van der Waals surface area contributed by atoms with E-state index in [2.05, 4.69) is 25.4 Å². The first-order valence-corrected chi connectivity index (χ1v) is 9.08. The van der Waals surface area contributed by atoms with Crippen LogP contribution in [0.2, 0.25) is 0 Å². The molecule has 0 aliphatic rings.